The highest BCUT2D eigenvalue weighted by atomic mass is 16.7. The van der Waals surface area contributed by atoms with E-state index in [0.29, 0.717) is 0 Å². The molecule has 0 saturated carbocycles. The quantitative estimate of drug-likeness (QED) is 0.431. The highest BCUT2D eigenvalue weighted by Crippen LogP contribution is 2.35. The molecule has 0 unspecified atom stereocenters. The van der Waals surface area contributed by atoms with E-state index in [9.17, 15) is 20.4 Å². The second-order valence-electron chi connectivity index (χ2n) is 4.33. The maximum absolute atomic E-state index is 10.3. The summed E-state index contributed by atoms with van der Waals surface area (Å²) in [5.74, 6) is -2.16. The lowest BCUT2D eigenvalue weighted by Crippen LogP contribution is -2.63. The van der Waals surface area contributed by atoms with Crippen LogP contribution in [0.15, 0.2) is 30.3 Å². The van der Waals surface area contributed by atoms with E-state index in [-0.39, 0.29) is 5.56 Å². The van der Waals surface area contributed by atoms with Crippen LogP contribution in [0, 0.1) is 0 Å². The van der Waals surface area contributed by atoms with E-state index in [1.54, 1.807) is 18.2 Å². The topological polar surface area (TPSA) is 110 Å². The monoisotopic (exact) mass is 256 g/mol. The third-order valence-electron chi connectivity index (χ3n) is 3.15. The van der Waals surface area contributed by atoms with Crippen molar-refractivity contribution in [3.8, 4) is 0 Å². The van der Waals surface area contributed by atoms with Crippen molar-refractivity contribution in [1.29, 1.82) is 0 Å². The molecule has 18 heavy (non-hydrogen) atoms. The zero-order chi connectivity index (χ0) is 13.3. The SMILES string of the molecule is OC[C@H]1O[C@](O)(c2ccccc2)[C@H](O)[C@@H](O)[C@@H]1O. The summed E-state index contributed by atoms with van der Waals surface area (Å²) < 4.78 is 5.15. The Morgan fingerprint density at radius 2 is 1.67 bits per heavy atom. The van der Waals surface area contributed by atoms with E-state index >= 15 is 0 Å². The number of aliphatic hydroxyl groups is 5. The normalized spacial score (nSPS) is 40.7. The lowest BCUT2D eigenvalue weighted by molar-refractivity contribution is -0.357. The summed E-state index contributed by atoms with van der Waals surface area (Å²) >= 11 is 0. The fourth-order valence-corrected chi connectivity index (χ4v) is 2.07. The first kappa shape index (κ1) is 13.4. The molecule has 1 aromatic carbocycles. The predicted octanol–water partition coefficient (Wildman–Crippen LogP) is -1.69. The van der Waals surface area contributed by atoms with Crippen LogP contribution in [0.3, 0.4) is 0 Å². The van der Waals surface area contributed by atoms with Crippen LogP contribution >= 0.6 is 0 Å². The molecule has 0 radical (unpaired) electrons. The van der Waals surface area contributed by atoms with Crippen LogP contribution in [0.1, 0.15) is 5.56 Å². The van der Waals surface area contributed by atoms with Gasteiger partial charge in [-0.3, -0.25) is 0 Å². The van der Waals surface area contributed by atoms with Crippen LogP contribution in [-0.4, -0.2) is 56.6 Å². The molecule has 0 aliphatic carbocycles. The Morgan fingerprint density at radius 3 is 2.22 bits per heavy atom. The van der Waals surface area contributed by atoms with Gasteiger partial charge in [0.1, 0.15) is 24.4 Å². The number of hydrogen-bond donors (Lipinski definition) is 5. The van der Waals surface area contributed by atoms with Gasteiger partial charge in [0.05, 0.1) is 6.61 Å². The molecule has 1 fully saturated rings. The smallest absolute Gasteiger partial charge is 0.222 e. The maximum Gasteiger partial charge on any atom is 0.222 e. The molecule has 0 bridgehead atoms. The number of ether oxygens (including phenoxy) is 1. The highest BCUT2D eigenvalue weighted by molar-refractivity contribution is 5.23. The van der Waals surface area contributed by atoms with Crippen LogP contribution in [-0.2, 0) is 10.5 Å². The molecule has 0 aromatic heterocycles. The number of rotatable bonds is 2. The summed E-state index contributed by atoms with van der Waals surface area (Å²) in [6.45, 7) is -0.583. The van der Waals surface area contributed by atoms with E-state index in [4.69, 9.17) is 9.84 Å². The van der Waals surface area contributed by atoms with E-state index in [2.05, 4.69) is 0 Å². The second kappa shape index (κ2) is 4.93. The summed E-state index contributed by atoms with van der Waals surface area (Å²) in [7, 11) is 0. The minimum absolute atomic E-state index is 0.238. The van der Waals surface area contributed by atoms with Crippen LogP contribution in [0.25, 0.3) is 0 Å². The zero-order valence-corrected chi connectivity index (χ0v) is 9.55. The summed E-state index contributed by atoms with van der Waals surface area (Å²) in [6, 6.07) is 8.02. The molecule has 6 heteroatoms. The van der Waals surface area contributed by atoms with Gasteiger partial charge in [-0.15, -0.1) is 0 Å². The lowest BCUT2D eigenvalue weighted by Gasteiger charge is -2.45. The van der Waals surface area contributed by atoms with Gasteiger partial charge in [0.15, 0.2) is 0 Å². The summed E-state index contributed by atoms with van der Waals surface area (Å²) in [5, 5.41) is 48.5. The van der Waals surface area contributed by atoms with Crippen LogP contribution in [0.4, 0.5) is 0 Å². The highest BCUT2D eigenvalue weighted by Gasteiger charge is 2.53. The first-order chi connectivity index (χ1) is 8.50. The third kappa shape index (κ3) is 2.03. The Hall–Kier alpha value is -1.02. The fourth-order valence-electron chi connectivity index (χ4n) is 2.07. The van der Waals surface area contributed by atoms with E-state index < -0.39 is 36.8 Å². The molecule has 100 valence electrons. The van der Waals surface area contributed by atoms with Gasteiger partial charge in [-0.05, 0) is 0 Å². The van der Waals surface area contributed by atoms with Gasteiger partial charge in [0, 0.05) is 5.56 Å². The van der Waals surface area contributed by atoms with Gasteiger partial charge in [-0.1, -0.05) is 30.3 Å². The molecule has 0 amide bonds. The summed E-state index contributed by atoms with van der Waals surface area (Å²) in [5.41, 5.74) is 0.238. The molecule has 2 rings (SSSR count). The van der Waals surface area contributed by atoms with Crippen molar-refractivity contribution in [3.05, 3.63) is 35.9 Å². The minimum Gasteiger partial charge on any atom is -0.394 e. The van der Waals surface area contributed by atoms with Gasteiger partial charge >= 0.3 is 0 Å². The van der Waals surface area contributed by atoms with E-state index in [1.165, 1.54) is 12.1 Å². The maximum atomic E-state index is 10.3. The van der Waals surface area contributed by atoms with E-state index in [1.807, 2.05) is 0 Å². The first-order valence-corrected chi connectivity index (χ1v) is 5.61. The molecule has 1 aliphatic heterocycles. The average Bonchev–Trinajstić information content (AvgIpc) is 2.41. The average molecular weight is 256 g/mol. The van der Waals surface area contributed by atoms with Crippen LogP contribution in [0.2, 0.25) is 0 Å². The standard InChI is InChI=1S/C12H16O6/c13-6-8-9(14)10(15)11(16)12(17,18-8)7-4-2-1-3-5-7/h1-5,8-11,13-17H,6H2/t8-,9-,10+,11-,12-/m1/s1. The Kier molecular flexibility index (Phi) is 3.67. The van der Waals surface area contributed by atoms with Crippen molar-refractivity contribution >= 4 is 0 Å². The third-order valence-corrected chi connectivity index (χ3v) is 3.15. The van der Waals surface area contributed by atoms with Gasteiger partial charge < -0.3 is 30.3 Å². The van der Waals surface area contributed by atoms with Crippen molar-refractivity contribution < 1.29 is 30.3 Å². The molecular weight excluding hydrogens is 240 g/mol. The largest absolute Gasteiger partial charge is 0.394 e. The molecule has 5 N–H and O–H groups in total. The number of benzene rings is 1. The molecule has 5 atom stereocenters. The Morgan fingerprint density at radius 1 is 1.06 bits per heavy atom. The van der Waals surface area contributed by atoms with Gasteiger partial charge in [-0.2, -0.15) is 0 Å². The number of hydrogen-bond acceptors (Lipinski definition) is 6. The van der Waals surface area contributed by atoms with Crippen molar-refractivity contribution in [2.24, 2.45) is 0 Å². The summed E-state index contributed by atoms with van der Waals surface area (Å²) in [4.78, 5) is 0. The molecule has 1 aliphatic rings. The fraction of sp³-hybridized carbons (Fsp3) is 0.500. The molecule has 6 nitrogen and oxygen atoms in total. The zero-order valence-electron chi connectivity index (χ0n) is 9.55. The van der Waals surface area contributed by atoms with Crippen LogP contribution < -0.4 is 0 Å². The summed E-state index contributed by atoms with van der Waals surface area (Å²) in [6.07, 6.45) is -5.96. The van der Waals surface area contributed by atoms with Crippen molar-refractivity contribution in [2.45, 2.75) is 30.2 Å². The molecule has 0 spiro atoms. The lowest BCUT2D eigenvalue weighted by atomic mass is 9.88. The Bertz CT molecular complexity index is 395. The van der Waals surface area contributed by atoms with Crippen molar-refractivity contribution in [2.75, 3.05) is 6.61 Å². The van der Waals surface area contributed by atoms with Crippen molar-refractivity contribution in [1.82, 2.24) is 0 Å². The van der Waals surface area contributed by atoms with Gasteiger partial charge in [0.2, 0.25) is 5.79 Å². The molecule has 1 saturated heterocycles. The van der Waals surface area contributed by atoms with Crippen molar-refractivity contribution in [3.63, 3.8) is 0 Å². The predicted molar refractivity (Wildman–Crippen MR) is 60.3 cm³/mol. The Balaban J connectivity index is 2.37. The van der Waals surface area contributed by atoms with E-state index in [0.717, 1.165) is 0 Å². The molecular formula is C12H16O6. The second-order valence-corrected chi connectivity index (χ2v) is 4.33. The molecule has 1 aromatic rings. The van der Waals surface area contributed by atoms with Crippen LogP contribution in [0.5, 0.6) is 0 Å². The van der Waals surface area contributed by atoms with Gasteiger partial charge in [-0.25, -0.2) is 0 Å². The minimum atomic E-state index is -2.16. The first-order valence-electron chi connectivity index (χ1n) is 5.61. The molecule has 1 heterocycles. The number of aliphatic hydroxyl groups excluding tert-OH is 4. The van der Waals surface area contributed by atoms with Gasteiger partial charge in [0.25, 0.3) is 0 Å². The Labute approximate surface area is 104 Å².